The number of hydrogen-bond acceptors (Lipinski definition) is 2. The molecule has 0 aromatic heterocycles. The fourth-order valence-electron chi connectivity index (χ4n) is 2.61. The molecule has 0 unspecified atom stereocenters. The standard InChI is InChI=1S/C21H28ClNO/c1-2-3-4-5-8-15-23-16-19-9-6-7-10-21(19)24-17-18-11-13-20(22)14-12-18/h6-7,9-14,23H,2-5,8,15-17H2,1H3. The Hall–Kier alpha value is -1.51. The molecule has 0 atom stereocenters. The Kier molecular flexibility index (Phi) is 8.72. The van der Waals surface area contributed by atoms with Gasteiger partial charge in [0.2, 0.25) is 0 Å². The van der Waals surface area contributed by atoms with E-state index in [1.807, 2.05) is 36.4 Å². The van der Waals surface area contributed by atoms with Crippen LogP contribution in [0.5, 0.6) is 5.75 Å². The van der Waals surface area contributed by atoms with Gasteiger partial charge in [0.05, 0.1) is 0 Å². The lowest BCUT2D eigenvalue weighted by Gasteiger charge is -2.12. The molecule has 0 saturated carbocycles. The summed E-state index contributed by atoms with van der Waals surface area (Å²) >= 11 is 5.92. The highest BCUT2D eigenvalue weighted by molar-refractivity contribution is 6.30. The van der Waals surface area contributed by atoms with Gasteiger partial charge in [-0.2, -0.15) is 0 Å². The van der Waals surface area contributed by atoms with E-state index in [0.717, 1.165) is 29.4 Å². The first-order valence-corrected chi connectivity index (χ1v) is 9.33. The smallest absolute Gasteiger partial charge is 0.124 e. The first-order chi connectivity index (χ1) is 11.8. The molecule has 1 N–H and O–H groups in total. The van der Waals surface area contributed by atoms with Crippen molar-refractivity contribution in [3.63, 3.8) is 0 Å². The van der Waals surface area contributed by atoms with Crippen molar-refractivity contribution in [3.05, 3.63) is 64.7 Å². The molecule has 24 heavy (non-hydrogen) atoms. The monoisotopic (exact) mass is 345 g/mol. The second-order valence-corrected chi connectivity index (χ2v) is 6.55. The van der Waals surface area contributed by atoms with E-state index < -0.39 is 0 Å². The van der Waals surface area contributed by atoms with Gasteiger partial charge in [-0.1, -0.05) is 74.5 Å². The molecule has 3 heteroatoms. The third-order valence-corrected chi connectivity index (χ3v) is 4.30. The number of benzene rings is 2. The van der Waals surface area contributed by atoms with Gasteiger partial charge < -0.3 is 10.1 Å². The quantitative estimate of drug-likeness (QED) is 0.506. The van der Waals surface area contributed by atoms with Crippen molar-refractivity contribution in [1.82, 2.24) is 5.32 Å². The maximum absolute atomic E-state index is 5.99. The predicted octanol–water partition coefficient (Wildman–Crippen LogP) is 5.98. The Morgan fingerprint density at radius 1 is 0.917 bits per heavy atom. The lowest BCUT2D eigenvalue weighted by molar-refractivity contribution is 0.302. The Bertz CT molecular complexity index is 583. The number of ether oxygens (including phenoxy) is 1. The molecule has 130 valence electrons. The van der Waals surface area contributed by atoms with Crippen LogP contribution >= 0.6 is 11.6 Å². The van der Waals surface area contributed by atoms with Gasteiger partial charge in [-0.15, -0.1) is 0 Å². The van der Waals surface area contributed by atoms with E-state index in [0.29, 0.717) is 6.61 Å². The van der Waals surface area contributed by atoms with Gasteiger partial charge >= 0.3 is 0 Å². The van der Waals surface area contributed by atoms with Crippen molar-refractivity contribution in [1.29, 1.82) is 0 Å². The van der Waals surface area contributed by atoms with Crippen LogP contribution in [0, 0.1) is 0 Å². The normalized spacial score (nSPS) is 10.8. The van der Waals surface area contributed by atoms with Crippen LogP contribution < -0.4 is 10.1 Å². The van der Waals surface area contributed by atoms with Crippen molar-refractivity contribution in [3.8, 4) is 5.75 Å². The lowest BCUT2D eigenvalue weighted by atomic mass is 10.1. The summed E-state index contributed by atoms with van der Waals surface area (Å²) in [5.41, 5.74) is 2.33. The van der Waals surface area contributed by atoms with Crippen LogP contribution in [0.25, 0.3) is 0 Å². The molecule has 2 aromatic rings. The molecule has 0 radical (unpaired) electrons. The van der Waals surface area contributed by atoms with Gasteiger partial charge in [0.25, 0.3) is 0 Å². The Morgan fingerprint density at radius 3 is 2.46 bits per heavy atom. The second-order valence-electron chi connectivity index (χ2n) is 6.11. The van der Waals surface area contributed by atoms with Crippen LogP contribution in [-0.4, -0.2) is 6.54 Å². The van der Waals surface area contributed by atoms with E-state index >= 15 is 0 Å². The minimum atomic E-state index is 0.561. The molecular weight excluding hydrogens is 318 g/mol. The molecule has 0 aliphatic rings. The molecule has 0 spiro atoms. The van der Waals surface area contributed by atoms with Gasteiger partial charge in [-0.3, -0.25) is 0 Å². The average molecular weight is 346 g/mol. The van der Waals surface area contributed by atoms with Gasteiger partial charge in [-0.25, -0.2) is 0 Å². The van der Waals surface area contributed by atoms with Crippen LogP contribution in [0.4, 0.5) is 0 Å². The molecule has 2 rings (SSSR count). The zero-order valence-corrected chi connectivity index (χ0v) is 15.3. The highest BCUT2D eigenvalue weighted by Crippen LogP contribution is 2.20. The molecule has 0 saturated heterocycles. The molecule has 0 aliphatic heterocycles. The highest BCUT2D eigenvalue weighted by atomic mass is 35.5. The zero-order valence-electron chi connectivity index (χ0n) is 14.6. The van der Waals surface area contributed by atoms with Crippen molar-refractivity contribution < 1.29 is 4.74 Å². The van der Waals surface area contributed by atoms with Crippen LogP contribution in [0.1, 0.15) is 50.2 Å². The summed E-state index contributed by atoms with van der Waals surface area (Å²) in [7, 11) is 0. The minimum absolute atomic E-state index is 0.561. The summed E-state index contributed by atoms with van der Waals surface area (Å²) in [5, 5.41) is 4.28. The first kappa shape index (κ1) is 18.8. The van der Waals surface area contributed by atoms with E-state index in [-0.39, 0.29) is 0 Å². The summed E-state index contributed by atoms with van der Waals surface area (Å²) in [6.07, 6.45) is 6.55. The number of rotatable bonds is 11. The minimum Gasteiger partial charge on any atom is -0.489 e. The van der Waals surface area contributed by atoms with Crippen LogP contribution in [0.15, 0.2) is 48.5 Å². The maximum Gasteiger partial charge on any atom is 0.124 e. The predicted molar refractivity (Wildman–Crippen MR) is 103 cm³/mol. The Balaban J connectivity index is 1.76. The van der Waals surface area contributed by atoms with Gasteiger partial charge in [-0.05, 0) is 36.7 Å². The highest BCUT2D eigenvalue weighted by Gasteiger charge is 2.03. The summed E-state index contributed by atoms with van der Waals surface area (Å²) in [5.74, 6) is 0.950. The number of unbranched alkanes of at least 4 members (excludes halogenated alkanes) is 4. The molecule has 2 aromatic carbocycles. The average Bonchev–Trinajstić information content (AvgIpc) is 2.61. The first-order valence-electron chi connectivity index (χ1n) is 8.95. The second kappa shape index (κ2) is 11.1. The molecule has 0 heterocycles. The van der Waals surface area contributed by atoms with E-state index in [9.17, 15) is 0 Å². The van der Waals surface area contributed by atoms with E-state index in [4.69, 9.17) is 16.3 Å². The molecule has 0 amide bonds. The van der Waals surface area contributed by atoms with Crippen molar-refractivity contribution in [2.75, 3.05) is 6.54 Å². The van der Waals surface area contributed by atoms with Gasteiger partial charge in [0.15, 0.2) is 0 Å². The van der Waals surface area contributed by atoms with Crippen molar-refractivity contribution >= 4 is 11.6 Å². The van der Waals surface area contributed by atoms with Crippen LogP contribution in [-0.2, 0) is 13.2 Å². The Morgan fingerprint density at radius 2 is 1.67 bits per heavy atom. The summed E-state index contributed by atoms with van der Waals surface area (Å²) in [4.78, 5) is 0. The summed E-state index contributed by atoms with van der Waals surface area (Å²) < 4.78 is 5.99. The molecule has 2 nitrogen and oxygen atoms in total. The largest absolute Gasteiger partial charge is 0.489 e. The number of halogens is 1. The van der Waals surface area contributed by atoms with Crippen LogP contribution in [0.2, 0.25) is 5.02 Å². The number of para-hydroxylation sites is 1. The third kappa shape index (κ3) is 6.94. The summed E-state index contributed by atoms with van der Waals surface area (Å²) in [6, 6.07) is 16.0. The molecule has 0 aliphatic carbocycles. The van der Waals surface area contributed by atoms with E-state index in [1.54, 1.807) is 0 Å². The molecular formula is C21H28ClNO. The Labute approximate surface area is 151 Å². The fraction of sp³-hybridized carbons (Fsp3) is 0.429. The SMILES string of the molecule is CCCCCCCNCc1ccccc1OCc1ccc(Cl)cc1. The van der Waals surface area contributed by atoms with Crippen molar-refractivity contribution in [2.24, 2.45) is 0 Å². The molecule has 0 bridgehead atoms. The third-order valence-electron chi connectivity index (χ3n) is 4.05. The van der Waals surface area contributed by atoms with E-state index in [1.165, 1.54) is 37.7 Å². The van der Waals surface area contributed by atoms with Crippen LogP contribution in [0.3, 0.4) is 0 Å². The molecule has 0 fully saturated rings. The number of hydrogen-bond donors (Lipinski definition) is 1. The topological polar surface area (TPSA) is 21.3 Å². The van der Waals surface area contributed by atoms with Gasteiger partial charge in [0.1, 0.15) is 12.4 Å². The van der Waals surface area contributed by atoms with E-state index in [2.05, 4.69) is 24.4 Å². The van der Waals surface area contributed by atoms with Gasteiger partial charge in [0, 0.05) is 17.1 Å². The fourth-order valence-corrected chi connectivity index (χ4v) is 2.73. The lowest BCUT2D eigenvalue weighted by Crippen LogP contribution is -2.15. The maximum atomic E-state index is 5.99. The number of nitrogens with one attached hydrogen (secondary N) is 1. The summed E-state index contributed by atoms with van der Waals surface area (Å²) in [6.45, 7) is 4.73. The zero-order chi connectivity index (χ0) is 17.0. The van der Waals surface area contributed by atoms with Crippen molar-refractivity contribution in [2.45, 2.75) is 52.2 Å².